The Labute approximate surface area is 117 Å². The van der Waals surface area contributed by atoms with Crippen molar-refractivity contribution in [2.24, 2.45) is 5.92 Å². The number of carbonyl (C=O) groups excluding carboxylic acids is 1. The van der Waals surface area contributed by atoms with Crippen LogP contribution in [0, 0.1) is 5.92 Å². The molecular formula is C15H29N3O. The van der Waals surface area contributed by atoms with E-state index in [1.54, 1.807) is 0 Å². The van der Waals surface area contributed by atoms with E-state index < -0.39 is 0 Å². The molecule has 2 saturated heterocycles. The molecule has 2 unspecified atom stereocenters. The van der Waals surface area contributed by atoms with Gasteiger partial charge in [-0.1, -0.05) is 20.8 Å². The van der Waals surface area contributed by atoms with Gasteiger partial charge < -0.3 is 9.80 Å². The largest absolute Gasteiger partial charge is 0.323 e. The van der Waals surface area contributed by atoms with Crippen LogP contribution in [0.3, 0.4) is 0 Å². The van der Waals surface area contributed by atoms with Crippen LogP contribution < -0.4 is 5.32 Å². The van der Waals surface area contributed by atoms with Gasteiger partial charge in [-0.2, -0.15) is 0 Å². The van der Waals surface area contributed by atoms with Crippen LogP contribution in [0.5, 0.6) is 0 Å². The van der Waals surface area contributed by atoms with Crippen molar-refractivity contribution in [3.05, 3.63) is 0 Å². The number of amides is 1. The minimum absolute atomic E-state index is 0.0448. The Hall–Kier alpha value is -0.610. The monoisotopic (exact) mass is 267 g/mol. The SMILES string of the molecule is CCC1NC(CC(C)C)N(C2CCN(C)CC2)C1=O. The summed E-state index contributed by atoms with van der Waals surface area (Å²) in [5, 5.41) is 3.54. The number of nitrogens with zero attached hydrogens (tertiary/aromatic N) is 2. The zero-order valence-electron chi connectivity index (χ0n) is 12.9. The fourth-order valence-electron chi connectivity index (χ4n) is 3.35. The first kappa shape index (κ1) is 14.8. The minimum Gasteiger partial charge on any atom is -0.323 e. The maximum Gasteiger partial charge on any atom is 0.241 e. The maximum absolute atomic E-state index is 12.6. The second kappa shape index (κ2) is 6.23. The number of rotatable bonds is 4. The van der Waals surface area contributed by atoms with Crippen LogP contribution in [0.2, 0.25) is 0 Å². The molecule has 0 aromatic carbocycles. The number of carbonyl (C=O) groups is 1. The van der Waals surface area contributed by atoms with Gasteiger partial charge in [0.25, 0.3) is 0 Å². The third kappa shape index (κ3) is 3.29. The van der Waals surface area contributed by atoms with Crippen LogP contribution in [0.15, 0.2) is 0 Å². The van der Waals surface area contributed by atoms with Crippen LogP contribution in [0.4, 0.5) is 0 Å². The van der Waals surface area contributed by atoms with E-state index in [1.807, 2.05) is 0 Å². The van der Waals surface area contributed by atoms with E-state index in [0.29, 0.717) is 17.9 Å². The summed E-state index contributed by atoms with van der Waals surface area (Å²) >= 11 is 0. The molecule has 2 fully saturated rings. The third-order valence-corrected chi connectivity index (χ3v) is 4.47. The average molecular weight is 267 g/mol. The quantitative estimate of drug-likeness (QED) is 0.841. The van der Waals surface area contributed by atoms with E-state index >= 15 is 0 Å². The Morgan fingerprint density at radius 2 is 1.95 bits per heavy atom. The topological polar surface area (TPSA) is 35.6 Å². The summed E-state index contributed by atoms with van der Waals surface area (Å²) in [4.78, 5) is 17.1. The summed E-state index contributed by atoms with van der Waals surface area (Å²) in [6.07, 6.45) is 4.46. The average Bonchev–Trinajstić information content (AvgIpc) is 2.66. The number of hydrogen-bond donors (Lipinski definition) is 1. The molecule has 0 spiro atoms. The molecule has 0 saturated carbocycles. The highest BCUT2D eigenvalue weighted by Gasteiger charge is 2.42. The van der Waals surface area contributed by atoms with Crippen LogP contribution in [-0.4, -0.2) is 54.1 Å². The van der Waals surface area contributed by atoms with Gasteiger partial charge in [-0.15, -0.1) is 0 Å². The van der Waals surface area contributed by atoms with Gasteiger partial charge in [-0.3, -0.25) is 10.1 Å². The lowest BCUT2D eigenvalue weighted by Gasteiger charge is -2.38. The molecule has 110 valence electrons. The Morgan fingerprint density at radius 3 is 2.47 bits per heavy atom. The Balaban J connectivity index is 2.07. The molecule has 19 heavy (non-hydrogen) atoms. The van der Waals surface area contributed by atoms with Gasteiger partial charge in [-0.25, -0.2) is 0 Å². The summed E-state index contributed by atoms with van der Waals surface area (Å²) in [6.45, 7) is 8.79. The van der Waals surface area contributed by atoms with E-state index in [1.165, 1.54) is 0 Å². The smallest absolute Gasteiger partial charge is 0.241 e. The number of hydrogen-bond acceptors (Lipinski definition) is 3. The second-order valence-corrected chi connectivity index (χ2v) is 6.55. The van der Waals surface area contributed by atoms with E-state index in [0.717, 1.165) is 38.8 Å². The number of nitrogens with one attached hydrogen (secondary N) is 1. The molecule has 0 aromatic heterocycles. The van der Waals surface area contributed by atoms with Crippen molar-refractivity contribution >= 4 is 5.91 Å². The number of piperidine rings is 1. The fraction of sp³-hybridized carbons (Fsp3) is 0.933. The third-order valence-electron chi connectivity index (χ3n) is 4.47. The van der Waals surface area contributed by atoms with Crippen molar-refractivity contribution in [1.29, 1.82) is 0 Å². The van der Waals surface area contributed by atoms with Crippen LogP contribution >= 0.6 is 0 Å². The predicted molar refractivity (Wildman–Crippen MR) is 77.8 cm³/mol. The first-order valence-corrected chi connectivity index (χ1v) is 7.79. The molecule has 2 rings (SSSR count). The molecule has 2 aliphatic rings. The van der Waals surface area contributed by atoms with Gasteiger partial charge in [0.2, 0.25) is 5.91 Å². The molecule has 2 heterocycles. The molecule has 0 bridgehead atoms. The first-order chi connectivity index (χ1) is 9.02. The molecular weight excluding hydrogens is 238 g/mol. The molecule has 2 aliphatic heterocycles. The molecule has 2 atom stereocenters. The summed E-state index contributed by atoms with van der Waals surface area (Å²) in [5.41, 5.74) is 0. The summed E-state index contributed by atoms with van der Waals surface area (Å²) in [7, 11) is 2.17. The summed E-state index contributed by atoms with van der Waals surface area (Å²) < 4.78 is 0. The molecule has 1 N–H and O–H groups in total. The van der Waals surface area contributed by atoms with E-state index in [-0.39, 0.29) is 12.2 Å². The standard InChI is InChI=1S/C15H29N3O/c1-5-13-15(19)18(14(16-13)10-11(2)3)12-6-8-17(4)9-7-12/h11-14,16H,5-10H2,1-4H3. The van der Waals surface area contributed by atoms with Gasteiger partial charge >= 0.3 is 0 Å². The van der Waals surface area contributed by atoms with Gasteiger partial charge in [-0.05, 0) is 51.7 Å². The highest BCUT2D eigenvalue weighted by atomic mass is 16.2. The lowest BCUT2D eigenvalue weighted by molar-refractivity contribution is -0.133. The molecule has 0 aliphatic carbocycles. The van der Waals surface area contributed by atoms with Gasteiger partial charge in [0, 0.05) is 6.04 Å². The molecule has 0 radical (unpaired) electrons. The molecule has 4 nitrogen and oxygen atoms in total. The van der Waals surface area contributed by atoms with Crippen molar-refractivity contribution in [2.75, 3.05) is 20.1 Å². The predicted octanol–water partition coefficient (Wildman–Crippen LogP) is 1.66. The van der Waals surface area contributed by atoms with Crippen molar-refractivity contribution in [3.8, 4) is 0 Å². The minimum atomic E-state index is 0.0448. The number of likely N-dealkylation sites (tertiary alicyclic amines) is 1. The fourth-order valence-corrected chi connectivity index (χ4v) is 3.35. The zero-order chi connectivity index (χ0) is 14.0. The van der Waals surface area contributed by atoms with Crippen molar-refractivity contribution in [1.82, 2.24) is 15.1 Å². The molecule has 0 aromatic rings. The Morgan fingerprint density at radius 1 is 1.32 bits per heavy atom. The lowest BCUT2D eigenvalue weighted by Crippen LogP contribution is -2.49. The van der Waals surface area contributed by atoms with E-state index in [4.69, 9.17) is 0 Å². The van der Waals surface area contributed by atoms with Gasteiger partial charge in [0.1, 0.15) is 0 Å². The highest BCUT2D eigenvalue weighted by Crippen LogP contribution is 2.26. The lowest BCUT2D eigenvalue weighted by atomic mass is 10.0. The Bertz CT molecular complexity index is 311. The van der Waals surface area contributed by atoms with Crippen molar-refractivity contribution < 1.29 is 4.79 Å². The van der Waals surface area contributed by atoms with Crippen molar-refractivity contribution in [2.45, 2.75) is 64.7 Å². The zero-order valence-corrected chi connectivity index (χ0v) is 12.9. The van der Waals surface area contributed by atoms with Crippen molar-refractivity contribution in [3.63, 3.8) is 0 Å². The summed E-state index contributed by atoms with van der Waals surface area (Å²) in [5.74, 6) is 0.956. The highest BCUT2D eigenvalue weighted by molar-refractivity contribution is 5.84. The first-order valence-electron chi connectivity index (χ1n) is 7.79. The summed E-state index contributed by atoms with van der Waals surface area (Å²) in [6, 6.07) is 0.486. The normalized spacial score (nSPS) is 30.6. The van der Waals surface area contributed by atoms with Gasteiger partial charge in [0.15, 0.2) is 0 Å². The van der Waals surface area contributed by atoms with E-state index in [9.17, 15) is 4.79 Å². The van der Waals surface area contributed by atoms with Crippen LogP contribution in [0.1, 0.15) is 46.5 Å². The van der Waals surface area contributed by atoms with E-state index in [2.05, 4.69) is 42.9 Å². The van der Waals surface area contributed by atoms with Crippen LogP contribution in [0.25, 0.3) is 0 Å². The Kier molecular flexibility index (Phi) is 4.85. The molecule has 4 heteroatoms. The van der Waals surface area contributed by atoms with Crippen LogP contribution in [-0.2, 0) is 4.79 Å². The maximum atomic E-state index is 12.6. The van der Waals surface area contributed by atoms with Gasteiger partial charge in [0.05, 0.1) is 12.2 Å². The molecule has 1 amide bonds. The second-order valence-electron chi connectivity index (χ2n) is 6.55.